The topological polar surface area (TPSA) is 84.7 Å². The zero-order chi connectivity index (χ0) is 17.3. The minimum absolute atomic E-state index is 0.219. The van der Waals surface area contributed by atoms with E-state index in [9.17, 15) is 9.59 Å². The van der Waals surface area contributed by atoms with Crippen molar-refractivity contribution < 1.29 is 4.79 Å². The van der Waals surface area contributed by atoms with E-state index in [1.54, 1.807) is 25.2 Å². The molecule has 3 aromatic rings. The first kappa shape index (κ1) is 16.1. The number of H-pyrrole nitrogens is 1. The third-order valence-electron chi connectivity index (χ3n) is 3.72. The predicted molar refractivity (Wildman–Crippen MR) is 94.1 cm³/mol. The van der Waals surface area contributed by atoms with Gasteiger partial charge in [-0.2, -0.15) is 5.10 Å². The lowest BCUT2D eigenvalue weighted by atomic mass is 10.2. The van der Waals surface area contributed by atoms with E-state index in [0.29, 0.717) is 28.8 Å². The van der Waals surface area contributed by atoms with Crippen LogP contribution < -0.4 is 10.9 Å². The molecule has 3 rings (SSSR count). The summed E-state index contributed by atoms with van der Waals surface area (Å²) in [6, 6.07) is 7.11. The Kier molecular flexibility index (Phi) is 4.30. The van der Waals surface area contributed by atoms with Crippen LogP contribution in [0, 0.1) is 4.77 Å². The van der Waals surface area contributed by atoms with Gasteiger partial charge in [0.25, 0.3) is 11.5 Å². The van der Waals surface area contributed by atoms with Crippen LogP contribution in [0.1, 0.15) is 23.8 Å². The van der Waals surface area contributed by atoms with Crippen molar-refractivity contribution in [1.29, 1.82) is 0 Å². The van der Waals surface area contributed by atoms with E-state index in [-0.39, 0.29) is 16.2 Å². The number of rotatable bonds is 4. The highest BCUT2D eigenvalue weighted by Gasteiger charge is 2.20. The molecule has 7 nitrogen and oxygen atoms in total. The van der Waals surface area contributed by atoms with Crippen LogP contribution in [0.5, 0.6) is 0 Å². The van der Waals surface area contributed by atoms with Gasteiger partial charge in [0.15, 0.2) is 4.77 Å². The van der Waals surface area contributed by atoms with Crippen LogP contribution in [0.2, 0.25) is 0 Å². The van der Waals surface area contributed by atoms with Gasteiger partial charge in [0, 0.05) is 13.6 Å². The molecule has 0 aliphatic carbocycles. The number of carbonyl (C=O) groups is 1. The van der Waals surface area contributed by atoms with Gasteiger partial charge in [0.2, 0.25) is 0 Å². The van der Waals surface area contributed by atoms with E-state index in [2.05, 4.69) is 15.4 Å². The Bertz CT molecular complexity index is 1030. The van der Waals surface area contributed by atoms with Gasteiger partial charge in [0.1, 0.15) is 11.4 Å². The Morgan fingerprint density at radius 2 is 2.12 bits per heavy atom. The number of nitrogens with one attached hydrogen (secondary N) is 2. The SMILES string of the molecule is CCCNC(=O)c1c(-n2c(=S)[nH]c3ccccc3c2=O)cnn1C. The van der Waals surface area contributed by atoms with Crippen molar-refractivity contribution in [3.05, 3.63) is 51.3 Å². The number of aryl methyl sites for hydroxylation is 1. The molecule has 0 aliphatic heterocycles. The molecule has 24 heavy (non-hydrogen) atoms. The smallest absolute Gasteiger partial charge is 0.271 e. The summed E-state index contributed by atoms with van der Waals surface area (Å²) in [5, 5.41) is 7.42. The molecule has 1 aromatic carbocycles. The van der Waals surface area contributed by atoms with E-state index >= 15 is 0 Å². The first-order chi connectivity index (χ1) is 11.5. The normalized spacial score (nSPS) is 10.9. The van der Waals surface area contributed by atoms with Crippen LogP contribution in [-0.2, 0) is 7.05 Å². The quantitative estimate of drug-likeness (QED) is 0.709. The molecule has 0 saturated carbocycles. The predicted octanol–water partition coefficient (Wildman–Crippen LogP) is 1.92. The number of hydrogen-bond acceptors (Lipinski definition) is 4. The fraction of sp³-hybridized carbons (Fsp3) is 0.250. The Hall–Kier alpha value is -2.74. The number of aromatic nitrogens is 4. The van der Waals surface area contributed by atoms with Crippen molar-refractivity contribution in [3.8, 4) is 5.69 Å². The summed E-state index contributed by atoms with van der Waals surface area (Å²) in [5.74, 6) is -0.290. The van der Waals surface area contributed by atoms with Crippen LogP contribution in [0.25, 0.3) is 16.6 Å². The molecule has 2 N–H and O–H groups in total. The van der Waals surface area contributed by atoms with Crippen molar-refractivity contribution in [2.45, 2.75) is 13.3 Å². The summed E-state index contributed by atoms with van der Waals surface area (Å²) in [4.78, 5) is 28.3. The van der Waals surface area contributed by atoms with Crippen LogP contribution in [0.4, 0.5) is 0 Å². The molecule has 2 heterocycles. The van der Waals surface area contributed by atoms with Crippen LogP contribution >= 0.6 is 12.2 Å². The van der Waals surface area contributed by atoms with Gasteiger partial charge >= 0.3 is 0 Å². The second kappa shape index (κ2) is 6.40. The maximum absolute atomic E-state index is 12.9. The lowest BCUT2D eigenvalue weighted by Crippen LogP contribution is -2.29. The number of benzene rings is 1. The van der Waals surface area contributed by atoms with Gasteiger partial charge in [0.05, 0.1) is 17.1 Å². The minimum atomic E-state index is -0.290. The minimum Gasteiger partial charge on any atom is -0.351 e. The fourth-order valence-corrected chi connectivity index (χ4v) is 2.85. The Morgan fingerprint density at radius 1 is 1.38 bits per heavy atom. The highest BCUT2D eigenvalue weighted by atomic mass is 32.1. The monoisotopic (exact) mass is 343 g/mol. The number of hydrogen-bond donors (Lipinski definition) is 2. The molecule has 0 spiro atoms. The lowest BCUT2D eigenvalue weighted by Gasteiger charge is -2.10. The van der Waals surface area contributed by atoms with Gasteiger partial charge in [-0.05, 0) is 30.8 Å². The van der Waals surface area contributed by atoms with E-state index in [1.165, 1.54) is 15.4 Å². The van der Waals surface area contributed by atoms with Gasteiger partial charge in [-0.25, -0.2) is 4.57 Å². The van der Waals surface area contributed by atoms with E-state index < -0.39 is 0 Å². The van der Waals surface area contributed by atoms with Crippen molar-refractivity contribution in [1.82, 2.24) is 24.6 Å². The maximum Gasteiger partial charge on any atom is 0.271 e. The fourth-order valence-electron chi connectivity index (χ4n) is 2.56. The van der Waals surface area contributed by atoms with Crippen molar-refractivity contribution in [2.75, 3.05) is 6.54 Å². The molecule has 124 valence electrons. The standard InChI is InChI=1S/C16H17N5O2S/c1-3-8-17-14(22)13-12(9-18-20(13)2)21-15(23)10-6-4-5-7-11(10)19-16(21)24/h4-7,9H,3,8H2,1-2H3,(H,17,22)(H,19,24). The van der Waals surface area contributed by atoms with Gasteiger partial charge in [-0.3, -0.25) is 14.3 Å². The average Bonchev–Trinajstić information content (AvgIpc) is 2.94. The van der Waals surface area contributed by atoms with Crippen LogP contribution in [0.15, 0.2) is 35.3 Å². The van der Waals surface area contributed by atoms with E-state index in [4.69, 9.17) is 12.2 Å². The van der Waals surface area contributed by atoms with Crippen molar-refractivity contribution in [3.63, 3.8) is 0 Å². The second-order valence-electron chi connectivity index (χ2n) is 5.37. The molecule has 0 radical (unpaired) electrons. The molecule has 1 amide bonds. The summed E-state index contributed by atoms with van der Waals surface area (Å²) in [5.41, 5.74) is 1.03. The number of aromatic amines is 1. The molecule has 0 saturated heterocycles. The summed E-state index contributed by atoms with van der Waals surface area (Å²) < 4.78 is 2.97. The van der Waals surface area contributed by atoms with Crippen molar-refractivity contribution in [2.24, 2.45) is 7.05 Å². The average molecular weight is 343 g/mol. The third kappa shape index (κ3) is 2.65. The molecular weight excluding hydrogens is 326 g/mol. The molecule has 0 unspecified atom stereocenters. The molecule has 8 heteroatoms. The van der Waals surface area contributed by atoms with Crippen LogP contribution in [-0.4, -0.2) is 31.8 Å². The summed E-state index contributed by atoms with van der Waals surface area (Å²) in [6.45, 7) is 2.51. The highest BCUT2D eigenvalue weighted by molar-refractivity contribution is 7.71. The van der Waals surface area contributed by atoms with Crippen LogP contribution in [0.3, 0.4) is 0 Å². The summed E-state index contributed by atoms with van der Waals surface area (Å²) in [6.07, 6.45) is 2.29. The summed E-state index contributed by atoms with van der Waals surface area (Å²) >= 11 is 5.33. The van der Waals surface area contributed by atoms with Crippen molar-refractivity contribution >= 4 is 29.0 Å². The maximum atomic E-state index is 12.9. The number of amides is 1. The number of nitrogens with zero attached hydrogens (tertiary/aromatic N) is 3. The molecule has 0 aliphatic rings. The molecule has 0 atom stereocenters. The molecule has 0 fully saturated rings. The van der Waals surface area contributed by atoms with Gasteiger partial charge in [-0.1, -0.05) is 19.1 Å². The number of para-hydroxylation sites is 1. The molecule has 2 aromatic heterocycles. The molecular formula is C16H17N5O2S. The Morgan fingerprint density at radius 3 is 2.88 bits per heavy atom. The third-order valence-corrected chi connectivity index (χ3v) is 4.00. The Balaban J connectivity index is 2.24. The zero-order valence-corrected chi connectivity index (χ0v) is 14.2. The molecule has 0 bridgehead atoms. The van der Waals surface area contributed by atoms with E-state index in [0.717, 1.165) is 6.42 Å². The number of carbonyl (C=O) groups excluding carboxylic acids is 1. The summed E-state index contributed by atoms with van der Waals surface area (Å²) in [7, 11) is 1.66. The first-order valence-electron chi connectivity index (χ1n) is 7.59. The number of fused-ring (bicyclic) bond motifs is 1. The van der Waals surface area contributed by atoms with Gasteiger partial charge in [-0.15, -0.1) is 0 Å². The largest absolute Gasteiger partial charge is 0.351 e. The highest BCUT2D eigenvalue weighted by Crippen LogP contribution is 2.14. The van der Waals surface area contributed by atoms with Gasteiger partial charge < -0.3 is 10.3 Å². The zero-order valence-electron chi connectivity index (χ0n) is 13.4. The second-order valence-corrected chi connectivity index (χ2v) is 5.76. The Labute approximate surface area is 142 Å². The van der Waals surface area contributed by atoms with E-state index in [1.807, 2.05) is 13.0 Å². The lowest BCUT2D eigenvalue weighted by molar-refractivity contribution is 0.0944. The first-order valence-corrected chi connectivity index (χ1v) is 8.00.